The SMILES string of the molecule is Cc1cc(/C=C2/Cc3ccccc3N2C)cc[n+]1-c1ccccc1. The second kappa shape index (κ2) is 5.97. The van der Waals surface area contributed by atoms with Crippen molar-refractivity contribution >= 4 is 11.8 Å². The first-order chi connectivity index (χ1) is 11.7. The molecule has 0 unspecified atom stereocenters. The lowest BCUT2D eigenvalue weighted by Crippen LogP contribution is -2.33. The van der Waals surface area contributed by atoms with Crippen molar-refractivity contribution < 1.29 is 4.57 Å². The number of aromatic nitrogens is 1. The Morgan fingerprint density at radius 2 is 1.71 bits per heavy atom. The Hall–Kier alpha value is -2.87. The topological polar surface area (TPSA) is 7.12 Å². The number of fused-ring (bicyclic) bond motifs is 1. The zero-order chi connectivity index (χ0) is 16.5. The standard InChI is InChI=1S/C22H21N2/c1-17-14-18(12-13-24(17)20-9-4-3-5-10-20)15-21-16-19-8-6-7-11-22(19)23(21)2/h3-15H,16H2,1-2H3/q+1. The number of anilines is 1. The van der Waals surface area contributed by atoms with Crippen LogP contribution in [0.1, 0.15) is 16.8 Å². The van der Waals surface area contributed by atoms with Crippen molar-refractivity contribution in [3.05, 3.63) is 95.4 Å². The number of para-hydroxylation sites is 2. The third-order valence-corrected chi connectivity index (χ3v) is 4.69. The van der Waals surface area contributed by atoms with E-state index in [1.54, 1.807) is 0 Å². The molecule has 0 radical (unpaired) electrons. The number of allylic oxidation sites excluding steroid dienone is 1. The molecule has 1 aromatic heterocycles. The van der Waals surface area contributed by atoms with Gasteiger partial charge >= 0.3 is 0 Å². The molecule has 0 amide bonds. The molecule has 2 aromatic carbocycles. The van der Waals surface area contributed by atoms with Crippen molar-refractivity contribution in [2.24, 2.45) is 0 Å². The van der Waals surface area contributed by atoms with Crippen molar-refractivity contribution in [1.29, 1.82) is 0 Å². The Balaban J connectivity index is 1.66. The quantitative estimate of drug-likeness (QED) is 0.640. The number of aryl methyl sites for hydroxylation is 1. The van der Waals surface area contributed by atoms with Gasteiger partial charge in [-0.15, -0.1) is 0 Å². The predicted molar refractivity (Wildman–Crippen MR) is 99.2 cm³/mol. The van der Waals surface area contributed by atoms with Gasteiger partial charge in [-0.1, -0.05) is 36.4 Å². The first-order valence-electron chi connectivity index (χ1n) is 8.32. The number of rotatable bonds is 2. The number of hydrogen-bond acceptors (Lipinski definition) is 1. The predicted octanol–water partition coefficient (Wildman–Crippen LogP) is 4.31. The van der Waals surface area contributed by atoms with Crippen molar-refractivity contribution in [1.82, 2.24) is 0 Å². The van der Waals surface area contributed by atoms with Crippen LogP contribution in [0.15, 0.2) is 78.6 Å². The second-order valence-electron chi connectivity index (χ2n) is 6.31. The van der Waals surface area contributed by atoms with Gasteiger partial charge in [0.2, 0.25) is 5.69 Å². The molecule has 118 valence electrons. The van der Waals surface area contributed by atoms with Crippen molar-refractivity contribution in [2.45, 2.75) is 13.3 Å². The molecule has 0 N–H and O–H groups in total. The molecule has 1 aliphatic heterocycles. The van der Waals surface area contributed by atoms with Crippen molar-refractivity contribution in [2.75, 3.05) is 11.9 Å². The molecule has 0 spiro atoms. The Kier molecular flexibility index (Phi) is 3.66. The summed E-state index contributed by atoms with van der Waals surface area (Å²) in [6, 6.07) is 23.5. The van der Waals surface area contributed by atoms with E-state index in [0.29, 0.717) is 0 Å². The van der Waals surface area contributed by atoms with Crippen LogP contribution in [0.3, 0.4) is 0 Å². The van der Waals surface area contributed by atoms with Gasteiger partial charge in [0.15, 0.2) is 11.9 Å². The van der Waals surface area contributed by atoms with Gasteiger partial charge < -0.3 is 4.90 Å². The molecule has 0 bridgehead atoms. The maximum atomic E-state index is 2.29. The van der Waals surface area contributed by atoms with Crippen LogP contribution in [0.5, 0.6) is 0 Å². The van der Waals surface area contributed by atoms with E-state index in [4.69, 9.17) is 0 Å². The minimum absolute atomic E-state index is 0.999. The Morgan fingerprint density at radius 3 is 2.46 bits per heavy atom. The van der Waals surface area contributed by atoms with Crippen LogP contribution in [0.2, 0.25) is 0 Å². The molecule has 2 heteroatoms. The van der Waals surface area contributed by atoms with E-state index in [0.717, 1.165) is 6.42 Å². The van der Waals surface area contributed by atoms with Crippen LogP contribution in [-0.4, -0.2) is 7.05 Å². The minimum atomic E-state index is 0.999. The molecule has 2 nitrogen and oxygen atoms in total. The average molecular weight is 313 g/mol. The summed E-state index contributed by atoms with van der Waals surface area (Å²) in [7, 11) is 2.15. The molecule has 0 atom stereocenters. The Bertz CT molecular complexity index is 910. The first-order valence-corrected chi connectivity index (χ1v) is 8.32. The minimum Gasteiger partial charge on any atom is -0.348 e. The third-order valence-electron chi connectivity index (χ3n) is 4.69. The van der Waals surface area contributed by atoms with Gasteiger partial charge in [0, 0.05) is 56.0 Å². The summed E-state index contributed by atoms with van der Waals surface area (Å²) < 4.78 is 2.22. The summed E-state index contributed by atoms with van der Waals surface area (Å²) >= 11 is 0. The van der Waals surface area contributed by atoms with Crippen LogP contribution < -0.4 is 9.47 Å². The summed E-state index contributed by atoms with van der Waals surface area (Å²) in [5.41, 5.74) is 7.73. The highest BCUT2D eigenvalue weighted by Gasteiger charge is 2.20. The van der Waals surface area contributed by atoms with E-state index >= 15 is 0 Å². The molecule has 3 aromatic rings. The van der Waals surface area contributed by atoms with Crippen LogP contribution in [-0.2, 0) is 6.42 Å². The molecule has 1 aliphatic rings. The molecular weight excluding hydrogens is 292 g/mol. The fraction of sp³-hybridized carbons (Fsp3) is 0.136. The maximum Gasteiger partial charge on any atom is 0.210 e. The van der Waals surface area contributed by atoms with Crippen molar-refractivity contribution in [3.8, 4) is 5.69 Å². The lowest BCUT2D eigenvalue weighted by Gasteiger charge is -2.14. The molecule has 0 saturated heterocycles. The number of hydrogen-bond donors (Lipinski definition) is 0. The molecule has 4 rings (SSSR count). The van der Waals surface area contributed by atoms with Gasteiger partial charge in [-0.3, -0.25) is 0 Å². The monoisotopic (exact) mass is 313 g/mol. The summed E-state index contributed by atoms with van der Waals surface area (Å²) in [4.78, 5) is 2.29. The van der Waals surface area contributed by atoms with E-state index in [1.165, 1.54) is 33.9 Å². The smallest absolute Gasteiger partial charge is 0.210 e. The summed E-state index contributed by atoms with van der Waals surface area (Å²) in [5.74, 6) is 0. The average Bonchev–Trinajstić information content (AvgIpc) is 2.92. The summed E-state index contributed by atoms with van der Waals surface area (Å²) in [6.45, 7) is 2.15. The van der Waals surface area contributed by atoms with Gasteiger partial charge in [-0.2, -0.15) is 4.57 Å². The molecular formula is C22H21N2+. The van der Waals surface area contributed by atoms with Crippen LogP contribution in [0.4, 0.5) is 5.69 Å². The summed E-state index contributed by atoms with van der Waals surface area (Å²) in [6.07, 6.45) is 5.45. The normalized spacial score (nSPS) is 14.9. The molecule has 0 fully saturated rings. The number of benzene rings is 2. The molecule has 0 aliphatic carbocycles. The van der Waals surface area contributed by atoms with Crippen LogP contribution in [0, 0.1) is 6.92 Å². The zero-order valence-corrected chi connectivity index (χ0v) is 14.1. The fourth-order valence-corrected chi connectivity index (χ4v) is 3.40. The van der Waals surface area contributed by atoms with Gasteiger partial charge in [-0.05, 0) is 23.3 Å². The van der Waals surface area contributed by atoms with E-state index in [2.05, 4.69) is 96.4 Å². The number of likely N-dealkylation sites (N-methyl/N-ethyl adjacent to an activating group) is 1. The van der Waals surface area contributed by atoms with Crippen LogP contribution >= 0.6 is 0 Å². The molecule has 2 heterocycles. The fourth-order valence-electron chi connectivity index (χ4n) is 3.40. The van der Waals surface area contributed by atoms with E-state index in [9.17, 15) is 0 Å². The van der Waals surface area contributed by atoms with Crippen LogP contribution in [0.25, 0.3) is 11.8 Å². The maximum absolute atomic E-state index is 2.29. The zero-order valence-electron chi connectivity index (χ0n) is 14.1. The van der Waals surface area contributed by atoms with Gasteiger partial charge in [0.05, 0.1) is 0 Å². The highest BCUT2D eigenvalue weighted by molar-refractivity contribution is 5.70. The van der Waals surface area contributed by atoms with Gasteiger partial charge in [0.25, 0.3) is 0 Å². The second-order valence-corrected chi connectivity index (χ2v) is 6.31. The highest BCUT2D eigenvalue weighted by Crippen LogP contribution is 2.33. The van der Waals surface area contributed by atoms with Crippen molar-refractivity contribution in [3.63, 3.8) is 0 Å². The largest absolute Gasteiger partial charge is 0.348 e. The van der Waals surface area contributed by atoms with Gasteiger partial charge in [-0.25, -0.2) is 0 Å². The van der Waals surface area contributed by atoms with E-state index in [-0.39, 0.29) is 0 Å². The lowest BCUT2D eigenvalue weighted by molar-refractivity contribution is -0.602. The summed E-state index contributed by atoms with van der Waals surface area (Å²) in [5, 5.41) is 0. The van der Waals surface area contributed by atoms with E-state index in [1.807, 2.05) is 6.07 Å². The molecule has 24 heavy (non-hydrogen) atoms. The Morgan fingerprint density at radius 1 is 0.958 bits per heavy atom. The van der Waals surface area contributed by atoms with Gasteiger partial charge in [0.1, 0.15) is 0 Å². The number of pyridine rings is 1. The number of nitrogens with zero attached hydrogens (tertiary/aromatic N) is 2. The third kappa shape index (κ3) is 2.61. The lowest BCUT2D eigenvalue weighted by atomic mass is 10.1. The molecule has 0 saturated carbocycles. The highest BCUT2D eigenvalue weighted by atomic mass is 15.1. The Labute approximate surface area is 143 Å². The van der Waals surface area contributed by atoms with E-state index < -0.39 is 0 Å². The first kappa shape index (κ1) is 14.7.